The number of nitrogens with zero attached hydrogens (tertiary/aromatic N) is 1. The van der Waals surface area contributed by atoms with Gasteiger partial charge in [-0.25, -0.2) is 4.98 Å². The Kier molecular flexibility index (Phi) is 4.20. The van der Waals surface area contributed by atoms with Crippen molar-refractivity contribution in [3.8, 4) is 0 Å². The number of aromatic nitrogens is 1. The Morgan fingerprint density at radius 1 is 1.39 bits per heavy atom. The van der Waals surface area contributed by atoms with Gasteiger partial charge in [-0.2, -0.15) is 0 Å². The van der Waals surface area contributed by atoms with Crippen LogP contribution in [-0.4, -0.2) is 4.98 Å². The van der Waals surface area contributed by atoms with E-state index in [0.29, 0.717) is 6.04 Å². The predicted octanol–water partition coefficient (Wildman–Crippen LogP) is 4.35. The van der Waals surface area contributed by atoms with Crippen LogP contribution < -0.4 is 5.32 Å². The van der Waals surface area contributed by atoms with Gasteiger partial charge < -0.3 is 5.32 Å². The van der Waals surface area contributed by atoms with Crippen molar-refractivity contribution in [2.24, 2.45) is 0 Å². The van der Waals surface area contributed by atoms with Gasteiger partial charge in [0.15, 0.2) is 0 Å². The molecule has 2 heterocycles. The van der Waals surface area contributed by atoms with Crippen molar-refractivity contribution in [2.75, 3.05) is 0 Å². The summed E-state index contributed by atoms with van der Waals surface area (Å²) in [6, 6.07) is 4.68. The van der Waals surface area contributed by atoms with E-state index in [2.05, 4.69) is 55.5 Å². The van der Waals surface area contributed by atoms with Crippen LogP contribution in [0.5, 0.6) is 0 Å². The average Bonchev–Trinajstić information content (AvgIpc) is 2.96. The Morgan fingerprint density at radius 3 is 2.72 bits per heavy atom. The first-order valence-corrected chi connectivity index (χ1v) is 7.88. The highest BCUT2D eigenvalue weighted by Gasteiger charge is 2.18. The van der Waals surface area contributed by atoms with Gasteiger partial charge in [-0.05, 0) is 18.4 Å². The zero-order chi connectivity index (χ0) is 13.2. The first kappa shape index (κ1) is 13.7. The molecule has 98 valence electrons. The van der Waals surface area contributed by atoms with E-state index in [-0.39, 0.29) is 5.41 Å². The summed E-state index contributed by atoms with van der Waals surface area (Å²) in [5.41, 5.74) is 0.155. The maximum atomic E-state index is 4.51. The highest BCUT2D eigenvalue weighted by molar-refractivity contribution is 7.11. The Morgan fingerprint density at radius 2 is 2.17 bits per heavy atom. The minimum absolute atomic E-state index is 0.155. The average molecular weight is 280 g/mol. The van der Waals surface area contributed by atoms with Crippen molar-refractivity contribution in [3.63, 3.8) is 0 Å². The van der Waals surface area contributed by atoms with Crippen LogP contribution in [0, 0.1) is 0 Å². The van der Waals surface area contributed by atoms with Gasteiger partial charge in [0.25, 0.3) is 0 Å². The molecule has 1 N–H and O–H groups in total. The molecule has 0 aromatic carbocycles. The Bertz CT molecular complexity index is 480. The zero-order valence-electron chi connectivity index (χ0n) is 11.4. The van der Waals surface area contributed by atoms with Crippen LogP contribution in [-0.2, 0) is 12.0 Å². The van der Waals surface area contributed by atoms with Crippen LogP contribution in [0.25, 0.3) is 0 Å². The summed E-state index contributed by atoms with van der Waals surface area (Å²) in [4.78, 5) is 7.20. The quantitative estimate of drug-likeness (QED) is 0.900. The molecule has 0 saturated heterocycles. The van der Waals surface area contributed by atoms with Gasteiger partial charge in [0, 0.05) is 34.0 Å². The lowest BCUT2D eigenvalue weighted by molar-refractivity contribution is 0.584. The van der Waals surface area contributed by atoms with E-state index in [1.807, 2.05) is 17.5 Å². The summed E-state index contributed by atoms with van der Waals surface area (Å²) >= 11 is 3.61. The standard InChI is InChI=1S/C14H20N2S2/c1-10(12-6-5-7-17-12)15-8-11-9-16-13(18-11)14(2,3)4/h5-7,9-10,15H,8H2,1-4H3/t10-/m0/s1. The number of rotatable bonds is 4. The molecule has 0 aliphatic rings. The Labute approximate surface area is 117 Å². The van der Waals surface area contributed by atoms with Crippen LogP contribution in [0.4, 0.5) is 0 Å². The third-order valence-electron chi connectivity index (χ3n) is 2.75. The Balaban J connectivity index is 1.93. The summed E-state index contributed by atoms with van der Waals surface area (Å²) < 4.78 is 0. The number of hydrogen-bond acceptors (Lipinski definition) is 4. The fourth-order valence-electron chi connectivity index (χ4n) is 1.63. The molecule has 2 aromatic rings. The molecule has 2 nitrogen and oxygen atoms in total. The molecule has 18 heavy (non-hydrogen) atoms. The molecule has 0 amide bonds. The van der Waals surface area contributed by atoms with Gasteiger partial charge >= 0.3 is 0 Å². The molecule has 0 aliphatic heterocycles. The molecule has 0 saturated carbocycles. The molecule has 0 fully saturated rings. The molecule has 4 heteroatoms. The van der Waals surface area contributed by atoms with Crippen LogP contribution in [0.1, 0.15) is 48.5 Å². The van der Waals surface area contributed by atoms with Crippen LogP contribution in [0.2, 0.25) is 0 Å². The van der Waals surface area contributed by atoms with Crippen molar-refractivity contribution in [2.45, 2.75) is 45.7 Å². The van der Waals surface area contributed by atoms with Crippen molar-refractivity contribution in [1.29, 1.82) is 0 Å². The molecule has 0 bridgehead atoms. The highest BCUT2D eigenvalue weighted by atomic mass is 32.1. The molecule has 0 aliphatic carbocycles. The summed E-state index contributed by atoms with van der Waals surface area (Å²) in [6.07, 6.45) is 2.00. The smallest absolute Gasteiger partial charge is 0.0981 e. The minimum Gasteiger partial charge on any atom is -0.304 e. The summed E-state index contributed by atoms with van der Waals surface area (Å²) in [5, 5.41) is 6.88. The lowest BCUT2D eigenvalue weighted by atomic mass is 9.98. The zero-order valence-corrected chi connectivity index (χ0v) is 13.0. The molecule has 0 unspecified atom stereocenters. The molecular weight excluding hydrogens is 260 g/mol. The summed E-state index contributed by atoms with van der Waals surface area (Å²) in [7, 11) is 0. The third kappa shape index (κ3) is 3.40. The second kappa shape index (κ2) is 5.51. The minimum atomic E-state index is 0.155. The van der Waals surface area contributed by atoms with Crippen molar-refractivity contribution in [1.82, 2.24) is 10.3 Å². The van der Waals surface area contributed by atoms with E-state index < -0.39 is 0 Å². The van der Waals surface area contributed by atoms with E-state index in [0.717, 1.165) is 6.54 Å². The summed E-state index contributed by atoms with van der Waals surface area (Å²) in [6.45, 7) is 9.72. The fourth-order valence-corrected chi connectivity index (χ4v) is 3.31. The van der Waals surface area contributed by atoms with E-state index in [9.17, 15) is 0 Å². The largest absolute Gasteiger partial charge is 0.304 e. The SMILES string of the molecule is C[C@H](NCc1cnc(C(C)(C)C)s1)c1cccs1. The maximum Gasteiger partial charge on any atom is 0.0981 e. The first-order valence-electron chi connectivity index (χ1n) is 6.19. The number of thiazole rings is 1. The van der Waals surface area contributed by atoms with Crippen molar-refractivity contribution in [3.05, 3.63) is 38.5 Å². The number of thiophene rings is 1. The molecule has 0 radical (unpaired) electrons. The number of hydrogen-bond donors (Lipinski definition) is 1. The first-order chi connectivity index (χ1) is 8.47. The normalized spacial score (nSPS) is 13.8. The summed E-state index contributed by atoms with van der Waals surface area (Å²) in [5.74, 6) is 0. The third-order valence-corrected chi connectivity index (χ3v) is 5.23. The van der Waals surface area contributed by atoms with Crippen molar-refractivity contribution >= 4 is 22.7 Å². The second-order valence-corrected chi connectivity index (χ2v) is 7.59. The molecular formula is C14H20N2S2. The molecule has 0 spiro atoms. The fraction of sp³-hybridized carbons (Fsp3) is 0.500. The second-order valence-electron chi connectivity index (χ2n) is 5.50. The lowest BCUT2D eigenvalue weighted by Gasteiger charge is -2.13. The van der Waals surface area contributed by atoms with E-state index >= 15 is 0 Å². The van der Waals surface area contributed by atoms with E-state index in [4.69, 9.17) is 0 Å². The monoisotopic (exact) mass is 280 g/mol. The maximum absolute atomic E-state index is 4.51. The van der Waals surface area contributed by atoms with Gasteiger partial charge in [0.1, 0.15) is 0 Å². The van der Waals surface area contributed by atoms with Gasteiger partial charge in [-0.3, -0.25) is 0 Å². The van der Waals surface area contributed by atoms with Gasteiger partial charge in [0.05, 0.1) is 5.01 Å². The van der Waals surface area contributed by atoms with Gasteiger partial charge in [0.2, 0.25) is 0 Å². The highest BCUT2D eigenvalue weighted by Crippen LogP contribution is 2.27. The molecule has 2 rings (SSSR count). The van der Waals surface area contributed by atoms with Crippen LogP contribution in [0.15, 0.2) is 23.7 Å². The van der Waals surface area contributed by atoms with Crippen LogP contribution >= 0.6 is 22.7 Å². The molecule has 1 atom stereocenters. The van der Waals surface area contributed by atoms with E-state index in [1.165, 1.54) is 14.8 Å². The predicted molar refractivity (Wildman–Crippen MR) is 80.4 cm³/mol. The lowest BCUT2D eigenvalue weighted by Crippen LogP contribution is -2.16. The van der Waals surface area contributed by atoms with Crippen molar-refractivity contribution < 1.29 is 0 Å². The van der Waals surface area contributed by atoms with Crippen LogP contribution in [0.3, 0.4) is 0 Å². The van der Waals surface area contributed by atoms with E-state index in [1.54, 1.807) is 11.3 Å². The topological polar surface area (TPSA) is 24.9 Å². The van der Waals surface area contributed by atoms with Gasteiger partial charge in [-0.15, -0.1) is 22.7 Å². The number of nitrogens with one attached hydrogen (secondary N) is 1. The molecule has 2 aromatic heterocycles. The van der Waals surface area contributed by atoms with Gasteiger partial charge in [-0.1, -0.05) is 26.8 Å². The Hall–Kier alpha value is -0.710.